The fourth-order valence-electron chi connectivity index (χ4n) is 2.85. The van der Waals surface area contributed by atoms with Crippen LogP contribution in [0.15, 0.2) is 36.4 Å². The van der Waals surface area contributed by atoms with Crippen LogP contribution in [0.25, 0.3) is 0 Å². The number of methoxy groups -OCH3 is 4. The maximum Gasteiger partial charge on any atom is 0.315 e. The lowest BCUT2D eigenvalue weighted by Gasteiger charge is -2.20. The molecule has 152 valence electrons. The zero-order valence-electron chi connectivity index (χ0n) is 17.2. The Labute approximate surface area is 165 Å². The van der Waals surface area contributed by atoms with Gasteiger partial charge in [-0.3, -0.25) is 0 Å². The smallest absolute Gasteiger partial charge is 0.315 e. The molecule has 2 amide bonds. The quantitative estimate of drug-likeness (QED) is 0.718. The lowest BCUT2D eigenvalue weighted by molar-refractivity contribution is 0.235. The Morgan fingerprint density at radius 2 is 1.04 bits per heavy atom. The van der Waals surface area contributed by atoms with Crippen LogP contribution in [0.4, 0.5) is 4.79 Å². The van der Waals surface area contributed by atoms with Crippen LogP contribution in [0.5, 0.6) is 23.0 Å². The Morgan fingerprint density at radius 3 is 1.36 bits per heavy atom. The Balaban J connectivity index is 2.03. The molecule has 0 aromatic heterocycles. The summed E-state index contributed by atoms with van der Waals surface area (Å²) >= 11 is 0. The SMILES string of the molecule is COc1ccc([C@@H](C)NC(=O)N[C@H](C)c2ccc(OC)c(OC)c2)cc1OC. The van der Waals surface area contributed by atoms with Gasteiger partial charge in [-0.25, -0.2) is 4.79 Å². The van der Waals surface area contributed by atoms with Gasteiger partial charge in [0.05, 0.1) is 40.5 Å². The first-order valence-corrected chi connectivity index (χ1v) is 8.94. The van der Waals surface area contributed by atoms with Gasteiger partial charge in [-0.05, 0) is 49.2 Å². The number of rotatable bonds is 8. The molecular weight excluding hydrogens is 360 g/mol. The highest BCUT2D eigenvalue weighted by Crippen LogP contribution is 2.31. The van der Waals surface area contributed by atoms with Gasteiger partial charge in [0.25, 0.3) is 0 Å². The summed E-state index contributed by atoms with van der Waals surface area (Å²) in [6, 6.07) is 10.4. The molecule has 2 rings (SSSR count). The van der Waals surface area contributed by atoms with E-state index in [0.717, 1.165) is 11.1 Å². The number of ether oxygens (including phenoxy) is 4. The van der Waals surface area contributed by atoms with E-state index in [1.54, 1.807) is 28.4 Å². The second-order valence-corrected chi connectivity index (χ2v) is 6.29. The van der Waals surface area contributed by atoms with Gasteiger partial charge < -0.3 is 29.6 Å². The lowest BCUT2D eigenvalue weighted by atomic mass is 10.1. The molecule has 0 aliphatic carbocycles. The van der Waals surface area contributed by atoms with E-state index in [1.807, 2.05) is 50.2 Å². The monoisotopic (exact) mass is 388 g/mol. The van der Waals surface area contributed by atoms with E-state index in [-0.39, 0.29) is 18.1 Å². The number of amides is 2. The minimum atomic E-state index is -0.274. The molecule has 0 saturated carbocycles. The van der Waals surface area contributed by atoms with Gasteiger partial charge in [0.1, 0.15) is 0 Å². The molecule has 7 heteroatoms. The van der Waals surface area contributed by atoms with Gasteiger partial charge in [-0.1, -0.05) is 12.1 Å². The molecule has 0 unspecified atom stereocenters. The second-order valence-electron chi connectivity index (χ2n) is 6.29. The van der Waals surface area contributed by atoms with Crippen molar-refractivity contribution in [3.05, 3.63) is 47.5 Å². The van der Waals surface area contributed by atoms with Crippen LogP contribution in [0.2, 0.25) is 0 Å². The molecule has 2 aromatic carbocycles. The Kier molecular flexibility index (Phi) is 7.37. The van der Waals surface area contributed by atoms with Crippen LogP contribution in [0, 0.1) is 0 Å². The number of hydrogen-bond donors (Lipinski definition) is 2. The van der Waals surface area contributed by atoms with E-state index in [0.29, 0.717) is 23.0 Å². The van der Waals surface area contributed by atoms with Crippen LogP contribution in [0.1, 0.15) is 37.1 Å². The number of hydrogen-bond acceptors (Lipinski definition) is 5. The minimum Gasteiger partial charge on any atom is -0.493 e. The molecule has 0 aliphatic heterocycles. The highest BCUT2D eigenvalue weighted by atomic mass is 16.5. The highest BCUT2D eigenvalue weighted by molar-refractivity contribution is 5.75. The van der Waals surface area contributed by atoms with Crippen molar-refractivity contribution >= 4 is 6.03 Å². The van der Waals surface area contributed by atoms with Crippen molar-refractivity contribution in [2.45, 2.75) is 25.9 Å². The normalized spacial score (nSPS) is 12.5. The zero-order chi connectivity index (χ0) is 20.7. The zero-order valence-corrected chi connectivity index (χ0v) is 17.2. The molecule has 0 spiro atoms. The Bertz CT molecular complexity index is 744. The maximum absolute atomic E-state index is 12.4. The van der Waals surface area contributed by atoms with Crippen molar-refractivity contribution in [2.24, 2.45) is 0 Å². The Hall–Kier alpha value is -3.09. The largest absolute Gasteiger partial charge is 0.493 e. The van der Waals surface area contributed by atoms with Crippen molar-refractivity contribution < 1.29 is 23.7 Å². The fourth-order valence-corrected chi connectivity index (χ4v) is 2.85. The van der Waals surface area contributed by atoms with Gasteiger partial charge in [-0.15, -0.1) is 0 Å². The van der Waals surface area contributed by atoms with E-state index >= 15 is 0 Å². The van der Waals surface area contributed by atoms with Crippen LogP contribution in [-0.2, 0) is 0 Å². The summed E-state index contributed by atoms with van der Waals surface area (Å²) in [6.45, 7) is 3.81. The summed E-state index contributed by atoms with van der Waals surface area (Å²) in [5.41, 5.74) is 1.82. The van der Waals surface area contributed by atoms with Gasteiger partial charge >= 0.3 is 6.03 Å². The number of nitrogens with one attached hydrogen (secondary N) is 2. The predicted molar refractivity (Wildman–Crippen MR) is 108 cm³/mol. The van der Waals surface area contributed by atoms with Gasteiger partial charge in [0, 0.05) is 0 Å². The minimum absolute atomic E-state index is 0.211. The number of carbonyl (C=O) groups excluding carboxylic acids is 1. The molecule has 0 aliphatic rings. The molecule has 2 aromatic rings. The molecule has 0 heterocycles. The second kappa shape index (κ2) is 9.73. The average Bonchev–Trinajstić information content (AvgIpc) is 2.72. The van der Waals surface area contributed by atoms with Crippen molar-refractivity contribution in [1.82, 2.24) is 10.6 Å². The summed E-state index contributed by atoms with van der Waals surface area (Å²) < 4.78 is 21.1. The summed E-state index contributed by atoms with van der Waals surface area (Å²) in [5, 5.41) is 5.87. The summed E-state index contributed by atoms with van der Waals surface area (Å²) in [5.74, 6) is 2.52. The third-order valence-corrected chi connectivity index (χ3v) is 4.51. The first kappa shape index (κ1) is 21.2. The average molecular weight is 388 g/mol. The van der Waals surface area contributed by atoms with E-state index in [2.05, 4.69) is 10.6 Å². The standard InChI is InChI=1S/C21H28N2O5/c1-13(15-7-9-17(25-3)19(11-15)27-5)22-21(24)23-14(2)16-8-10-18(26-4)20(12-16)28-6/h7-14H,1-6H3,(H2,22,23,24)/t13-,14-/m1/s1. The van der Waals surface area contributed by atoms with Crippen LogP contribution < -0.4 is 29.6 Å². The number of urea groups is 1. The Morgan fingerprint density at radius 1 is 0.679 bits per heavy atom. The van der Waals surface area contributed by atoms with E-state index in [1.165, 1.54) is 0 Å². The van der Waals surface area contributed by atoms with Crippen molar-refractivity contribution in [2.75, 3.05) is 28.4 Å². The van der Waals surface area contributed by atoms with Crippen molar-refractivity contribution in [3.63, 3.8) is 0 Å². The first-order valence-electron chi connectivity index (χ1n) is 8.94. The van der Waals surface area contributed by atoms with Crippen molar-refractivity contribution in [1.29, 1.82) is 0 Å². The van der Waals surface area contributed by atoms with Gasteiger partial charge in [0.2, 0.25) is 0 Å². The van der Waals surface area contributed by atoms with Crippen LogP contribution >= 0.6 is 0 Å². The summed E-state index contributed by atoms with van der Waals surface area (Å²) in [4.78, 5) is 12.4. The fraction of sp³-hybridized carbons (Fsp3) is 0.381. The van der Waals surface area contributed by atoms with Crippen molar-refractivity contribution in [3.8, 4) is 23.0 Å². The molecule has 0 bridgehead atoms. The molecule has 2 atom stereocenters. The molecule has 0 fully saturated rings. The number of carbonyl (C=O) groups is 1. The molecule has 0 radical (unpaired) electrons. The molecule has 7 nitrogen and oxygen atoms in total. The highest BCUT2D eigenvalue weighted by Gasteiger charge is 2.16. The van der Waals surface area contributed by atoms with E-state index in [4.69, 9.17) is 18.9 Å². The van der Waals surface area contributed by atoms with Crippen LogP contribution in [0.3, 0.4) is 0 Å². The van der Waals surface area contributed by atoms with E-state index < -0.39 is 0 Å². The lowest BCUT2D eigenvalue weighted by Crippen LogP contribution is -2.38. The topological polar surface area (TPSA) is 78.1 Å². The predicted octanol–water partition coefficient (Wildman–Crippen LogP) is 3.84. The van der Waals surface area contributed by atoms with Gasteiger partial charge in [0.15, 0.2) is 23.0 Å². The third kappa shape index (κ3) is 5.00. The van der Waals surface area contributed by atoms with Crippen LogP contribution in [-0.4, -0.2) is 34.5 Å². The third-order valence-electron chi connectivity index (χ3n) is 4.51. The summed E-state index contributed by atoms with van der Waals surface area (Å²) in [6.07, 6.45) is 0. The molecule has 28 heavy (non-hydrogen) atoms. The molecule has 2 N–H and O–H groups in total. The number of benzene rings is 2. The molecular formula is C21H28N2O5. The first-order chi connectivity index (χ1) is 13.4. The maximum atomic E-state index is 12.4. The molecule has 0 saturated heterocycles. The van der Waals surface area contributed by atoms with E-state index in [9.17, 15) is 4.79 Å². The van der Waals surface area contributed by atoms with Gasteiger partial charge in [-0.2, -0.15) is 0 Å². The summed E-state index contributed by atoms with van der Waals surface area (Å²) in [7, 11) is 6.33.